The average Bonchev–Trinajstić information content (AvgIpc) is 3.19. The summed E-state index contributed by atoms with van der Waals surface area (Å²) < 4.78 is 24.5. The normalized spacial score (nSPS) is 11.8. The zero-order chi connectivity index (χ0) is 23.5. The van der Waals surface area contributed by atoms with Gasteiger partial charge in [-0.2, -0.15) is 0 Å². The van der Waals surface area contributed by atoms with Gasteiger partial charge in [0.1, 0.15) is 0 Å². The summed E-state index contributed by atoms with van der Waals surface area (Å²) in [6.07, 6.45) is 1.14. The number of sulfone groups is 1. The maximum absolute atomic E-state index is 13.3. The van der Waals surface area contributed by atoms with E-state index in [0.717, 1.165) is 19.3 Å². The number of hydrogen-bond acceptors (Lipinski definition) is 8. The van der Waals surface area contributed by atoms with E-state index in [4.69, 9.17) is 0 Å². The highest BCUT2D eigenvalue weighted by Gasteiger charge is 2.23. The molecule has 0 aliphatic rings. The van der Waals surface area contributed by atoms with Gasteiger partial charge in [-0.1, -0.05) is 25.2 Å². The van der Waals surface area contributed by atoms with Crippen LogP contribution >= 0.6 is 11.3 Å². The van der Waals surface area contributed by atoms with E-state index in [9.17, 15) is 23.3 Å². The lowest BCUT2D eigenvalue weighted by atomic mass is 10.2. The Morgan fingerprint density at radius 1 is 1.09 bits per heavy atom. The third-order valence-electron chi connectivity index (χ3n) is 5.11. The summed E-state index contributed by atoms with van der Waals surface area (Å²) in [5.41, 5.74) is 0.817. The van der Waals surface area contributed by atoms with Crippen molar-refractivity contribution in [3.05, 3.63) is 58.1 Å². The quantitative estimate of drug-likeness (QED) is 0.342. The van der Waals surface area contributed by atoms with Gasteiger partial charge in [0.2, 0.25) is 0 Å². The molecule has 3 aromatic rings. The number of likely N-dealkylation sites (N-methyl/N-ethyl adjacent to an activating group) is 1. The van der Waals surface area contributed by atoms with Gasteiger partial charge >= 0.3 is 0 Å². The maximum atomic E-state index is 13.3. The van der Waals surface area contributed by atoms with Gasteiger partial charge in [0.15, 0.2) is 15.0 Å². The van der Waals surface area contributed by atoms with Gasteiger partial charge in [0, 0.05) is 37.0 Å². The number of nitro groups is 1. The molecule has 11 heteroatoms. The number of fused-ring (bicyclic) bond motifs is 1. The molecule has 0 unspecified atom stereocenters. The van der Waals surface area contributed by atoms with Crippen LogP contribution in [0.4, 0.5) is 10.8 Å². The molecule has 0 aliphatic heterocycles. The van der Waals surface area contributed by atoms with E-state index in [0.29, 0.717) is 34.0 Å². The second-order valence-electron chi connectivity index (χ2n) is 7.19. The van der Waals surface area contributed by atoms with Crippen LogP contribution in [0.25, 0.3) is 10.2 Å². The maximum Gasteiger partial charge on any atom is 0.269 e. The molecule has 3 rings (SSSR count). The molecular formula is C21H24N4O5S2. The first-order chi connectivity index (χ1) is 15.1. The van der Waals surface area contributed by atoms with Crippen molar-refractivity contribution in [2.24, 2.45) is 0 Å². The van der Waals surface area contributed by atoms with Crippen molar-refractivity contribution in [1.29, 1.82) is 0 Å². The van der Waals surface area contributed by atoms with Crippen molar-refractivity contribution in [2.75, 3.05) is 37.3 Å². The van der Waals surface area contributed by atoms with Crippen LogP contribution in [0.15, 0.2) is 47.4 Å². The van der Waals surface area contributed by atoms with Crippen molar-refractivity contribution in [3.8, 4) is 0 Å². The lowest BCUT2D eigenvalue weighted by Gasteiger charge is -2.24. The Balaban J connectivity index is 1.99. The molecule has 2 aromatic carbocycles. The van der Waals surface area contributed by atoms with E-state index >= 15 is 0 Å². The number of rotatable bonds is 9. The number of hydrogen-bond donors (Lipinski definition) is 0. The Labute approximate surface area is 190 Å². The summed E-state index contributed by atoms with van der Waals surface area (Å²) in [4.78, 5) is 32.2. The smallest absolute Gasteiger partial charge is 0.269 e. The van der Waals surface area contributed by atoms with E-state index in [1.807, 2.05) is 13.8 Å². The molecule has 0 radical (unpaired) electrons. The molecule has 0 atom stereocenters. The summed E-state index contributed by atoms with van der Waals surface area (Å²) in [6.45, 7) is 6.72. The average molecular weight is 477 g/mol. The van der Waals surface area contributed by atoms with Gasteiger partial charge in [-0.25, -0.2) is 13.4 Å². The molecule has 0 spiro atoms. The fourth-order valence-corrected chi connectivity index (χ4v) is 4.94. The molecule has 1 amide bonds. The van der Waals surface area contributed by atoms with Crippen LogP contribution in [0.2, 0.25) is 0 Å². The fourth-order valence-electron chi connectivity index (χ4n) is 3.19. The largest absolute Gasteiger partial charge is 0.302 e. The number of carbonyl (C=O) groups excluding carboxylic acids is 1. The molecule has 0 aliphatic carbocycles. The number of nitro benzene ring substituents is 1. The Bertz CT molecular complexity index is 1230. The fraction of sp³-hybridized carbons (Fsp3) is 0.333. The van der Waals surface area contributed by atoms with Gasteiger partial charge in [-0.3, -0.25) is 19.8 Å². The predicted octanol–water partition coefficient (Wildman–Crippen LogP) is 3.60. The zero-order valence-electron chi connectivity index (χ0n) is 18.0. The van der Waals surface area contributed by atoms with Crippen molar-refractivity contribution < 1.29 is 18.1 Å². The van der Waals surface area contributed by atoms with Gasteiger partial charge in [0.05, 0.1) is 20.0 Å². The Kier molecular flexibility index (Phi) is 7.22. The molecule has 9 nitrogen and oxygen atoms in total. The van der Waals surface area contributed by atoms with E-state index in [1.54, 1.807) is 17.0 Å². The van der Waals surface area contributed by atoms with Crippen LogP contribution in [-0.4, -0.2) is 61.6 Å². The number of anilines is 1. The number of aromatic nitrogens is 1. The molecule has 0 saturated heterocycles. The summed E-state index contributed by atoms with van der Waals surface area (Å²) in [5, 5.41) is 11.4. The molecule has 170 valence electrons. The number of nitrogens with zero attached hydrogens (tertiary/aromatic N) is 4. The summed E-state index contributed by atoms with van der Waals surface area (Å²) >= 11 is 1.24. The summed E-state index contributed by atoms with van der Waals surface area (Å²) in [6, 6.07) is 10.1. The first-order valence-electron chi connectivity index (χ1n) is 10.0. The third-order valence-corrected chi connectivity index (χ3v) is 7.26. The number of benzene rings is 2. The van der Waals surface area contributed by atoms with E-state index in [2.05, 4.69) is 9.88 Å². The Morgan fingerprint density at radius 3 is 2.31 bits per heavy atom. The zero-order valence-corrected chi connectivity index (χ0v) is 19.6. The van der Waals surface area contributed by atoms with Crippen molar-refractivity contribution in [2.45, 2.75) is 18.7 Å². The van der Waals surface area contributed by atoms with E-state index < -0.39 is 14.8 Å². The van der Waals surface area contributed by atoms with Crippen LogP contribution in [0.1, 0.15) is 24.2 Å². The highest BCUT2D eigenvalue weighted by atomic mass is 32.2. The molecule has 32 heavy (non-hydrogen) atoms. The predicted molar refractivity (Wildman–Crippen MR) is 125 cm³/mol. The van der Waals surface area contributed by atoms with Crippen LogP contribution in [0.5, 0.6) is 0 Å². The number of non-ortho nitro benzene ring substituents is 1. The Morgan fingerprint density at radius 2 is 1.75 bits per heavy atom. The summed E-state index contributed by atoms with van der Waals surface area (Å²) in [7, 11) is -3.37. The van der Waals surface area contributed by atoms with Crippen LogP contribution in [-0.2, 0) is 9.84 Å². The van der Waals surface area contributed by atoms with Gasteiger partial charge in [0.25, 0.3) is 11.6 Å². The molecule has 1 aromatic heterocycles. The van der Waals surface area contributed by atoms with Gasteiger partial charge in [-0.05, 0) is 43.4 Å². The molecular weight excluding hydrogens is 452 g/mol. The minimum Gasteiger partial charge on any atom is -0.302 e. The first-order valence-corrected chi connectivity index (χ1v) is 12.7. The minimum absolute atomic E-state index is 0.0930. The van der Waals surface area contributed by atoms with E-state index in [1.165, 1.54) is 41.7 Å². The second-order valence-corrected chi connectivity index (χ2v) is 10.2. The van der Waals surface area contributed by atoms with Crippen molar-refractivity contribution in [1.82, 2.24) is 9.88 Å². The highest BCUT2D eigenvalue weighted by molar-refractivity contribution is 7.90. The van der Waals surface area contributed by atoms with Crippen LogP contribution in [0, 0.1) is 10.1 Å². The number of thiazole rings is 1. The molecule has 1 heterocycles. The molecule has 0 N–H and O–H groups in total. The molecule has 0 bridgehead atoms. The number of amides is 1. The van der Waals surface area contributed by atoms with E-state index in [-0.39, 0.29) is 16.5 Å². The Hall–Kier alpha value is -2.89. The topological polar surface area (TPSA) is 114 Å². The molecule has 0 saturated carbocycles. The molecule has 0 fully saturated rings. The SMILES string of the molecule is CCN(CC)CCN(C(=O)c1ccc([N+](=O)[O-])cc1)c1nc2ccc(S(C)(=O)=O)cc2s1. The summed E-state index contributed by atoms with van der Waals surface area (Å²) in [5.74, 6) is -0.325. The monoisotopic (exact) mass is 476 g/mol. The number of carbonyl (C=O) groups is 1. The second kappa shape index (κ2) is 9.72. The third kappa shape index (κ3) is 5.29. The first kappa shape index (κ1) is 23.8. The highest BCUT2D eigenvalue weighted by Crippen LogP contribution is 2.31. The van der Waals surface area contributed by atoms with Crippen molar-refractivity contribution in [3.63, 3.8) is 0 Å². The van der Waals surface area contributed by atoms with Crippen LogP contribution < -0.4 is 4.90 Å². The van der Waals surface area contributed by atoms with Crippen molar-refractivity contribution >= 4 is 48.1 Å². The lowest BCUT2D eigenvalue weighted by molar-refractivity contribution is -0.384. The lowest BCUT2D eigenvalue weighted by Crippen LogP contribution is -2.38. The van der Waals surface area contributed by atoms with Crippen LogP contribution in [0.3, 0.4) is 0 Å². The minimum atomic E-state index is -3.37. The standard InChI is InChI=1S/C21H24N4O5S2/c1-4-23(5-2)12-13-24(20(26)15-6-8-16(9-7-15)25(27)28)21-22-18-11-10-17(32(3,29)30)14-19(18)31-21/h6-11,14H,4-5,12-13H2,1-3H3. The van der Waals surface area contributed by atoms with Gasteiger partial charge < -0.3 is 4.90 Å². The van der Waals surface area contributed by atoms with Gasteiger partial charge in [-0.15, -0.1) is 0 Å².